The van der Waals surface area contributed by atoms with Crippen LogP contribution in [0, 0.1) is 5.92 Å². The molecule has 1 fully saturated rings. The van der Waals surface area contributed by atoms with E-state index in [1.165, 1.54) is 38.5 Å². The van der Waals surface area contributed by atoms with Crippen molar-refractivity contribution in [3.63, 3.8) is 0 Å². The number of amides is 1. The summed E-state index contributed by atoms with van der Waals surface area (Å²) < 4.78 is 0. The minimum atomic E-state index is 0.113. The van der Waals surface area contributed by atoms with Gasteiger partial charge < -0.3 is 5.32 Å². The van der Waals surface area contributed by atoms with Crippen molar-refractivity contribution in [2.75, 3.05) is 5.33 Å². The summed E-state index contributed by atoms with van der Waals surface area (Å²) >= 11 is 3.17. The standard InChI is InChI=1S/C11H20BrNO/c1-9(13-11(14)8-12)10-6-4-2-3-5-7-10/h9-10H,2-8H2,1H3,(H,13,14)/t9-/m1/s1. The van der Waals surface area contributed by atoms with Gasteiger partial charge in [0, 0.05) is 6.04 Å². The number of halogens is 1. The largest absolute Gasteiger partial charge is 0.353 e. The highest BCUT2D eigenvalue weighted by Crippen LogP contribution is 2.25. The van der Waals surface area contributed by atoms with Gasteiger partial charge in [0.1, 0.15) is 0 Å². The number of carbonyl (C=O) groups is 1. The van der Waals surface area contributed by atoms with E-state index in [2.05, 4.69) is 28.2 Å². The van der Waals surface area contributed by atoms with Crippen molar-refractivity contribution >= 4 is 21.8 Å². The summed E-state index contributed by atoms with van der Waals surface area (Å²) in [6.07, 6.45) is 7.97. The minimum Gasteiger partial charge on any atom is -0.353 e. The summed E-state index contributed by atoms with van der Waals surface area (Å²) in [6.45, 7) is 2.14. The van der Waals surface area contributed by atoms with Gasteiger partial charge in [0.15, 0.2) is 0 Å². The Labute approximate surface area is 95.0 Å². The number of nitrogens with one attached hydrogen (secondary N) is 1. The smallest absolute Gasteiger partial charge is 0.230 e. The monoisotopic (exact) mass is 261 g/mol. The van der Waals surface area contributed by atoms with Crippen LogP contribution in [0.15, 0.2) is 0 Å². The van der Waals surface area contributed by atoms with Gasteiger partial charge in [0.2, 0.25) is 5.91 Å². The Hall–Kier alpha value is -0.0500. The molecule has 0 aromatic rings. The van der Waals surface area contributed by atoms with Gasteiger partial charge in [-0.2, -0.15) is 0 Å². The predicted molar refractivity (Wildman–Crippen MR) is 62.6 cm³/mol. The van der Waals surface area contributed by atoms with Crippen LogP contribution in [0.25, 0.3) is 0 Å². The van der Waals surface area contributed by atoms with Crippen LogP contribution in [-0.4, -0.2) is 17.3 Å². The Kier molecular flexibility index (Phi) is 5.53. The molecule has 0 heterocycles. The molecular weight excluding hydrogens is 242 g/mol. The second kappa shape index (κ2) is 6.44. The number of hydrogen-bond acceptors (Lipinski definition) is 1. The Bertz CT molecular complexity index is 176. The molecule has 1 saturated carbocycles. The zero-order chi connectivity index (χ0) is 10.4. The van der Waals surface area contributed by atoms with E-state index in [0.29, 0.717) is 17.3 Å². The highest BCUT2D eigenvalue weighted by molar-refractivity contribution is 9.09. The van der Waals surface area contributed by atoms with Gasteiger partial charge >= 0.3 is 0 Å². The maximum Gasteiger partial charge on any atom is 0.230 e. The molecule has 1 N–H and O–H groups in total. The van der Waals surface area contributed by atoms with Crippen molar-refractivity contribution in [2.45, 2.75) is 51.5 Å². The van der Waals surface area contributed by atoms with Crippen LogP contribution in [0.2, 0.25) is 0 Å². The van der Waals surface area contributed by atoms with Crippen LogP contribution in [0.1, 0.15) is 45.4 Å². The average molecular weight is 262 g/mol. The summed E-state index contributed by atoms with van der Waals surface area (Å²) in [5.74, 6) is 0.808. The molecule has 0 bridgehead atoms. The Morgan fingerprint density at radius 1 is 1.36 bits per heavy atom. The van der Waals surface area contributed by atoms with Crippen LogP contribution in [0.5, 0.6) is 0 Å². The molecule has 0 radical (unpaired) electrons. The molecule has 0 unspecified atom stereocenters. The third-order valence-corrected chi connectivity index (χ3v) is 3.63. The van der Waals surface area contributed by atoms with E-state index in [-0.39, 0.29) is 5.91 Å². The topological polar surface area (TPSA) is 29.1 Å². The molecule has 0 aromatic carbocycles. The molecule has 0 aromatic heterocycles. The van der Waals surface area contributed by atoms with Gasteiger partial charge in [-0.15, -0.1) is 0 Å². The van der Waals surface area contributed by atoms with Gasteiger partial charge in [-0.05, 0) is 25.7 Å². The minimum absolute atomic E-state index is 0.113. The molecule has 1 aliphatic carbocycles. The third kappa shape index (κ3) is 3.99. The second-order valence-corrected chi connectivity index (χ2v) is 4.80. The first-order valence-electron chi connectivity index (χ1n) is 5.59. The van der Waals surface area contributed by atoms with E-state index >= 15 is 0 Å². The molecule has 0 aliphatic heterocycles. The molecule has 1 atom stereocenters. The van der Waals surface area contributed by atoms with Crippen molar-refractivity contribution in [3.05, 3.63) is 0 Å². The van der Waals surface area contributed by atoms with Crippen molar-refractivity contribution in [1.82, 2.24) is 5.32 Å². The van der Waals surface area contributed by atoms with E-state index < -0.39 is 0 Å². The zero-order valence-corrected chi connectivity index (χ0v) is 10.5. The molecule has 0 saturated heterocycles. The van der Waals surface area contributed by atoms with E-state index in [1.54, 1.807) is 0 Å². The van der Waals surface area contributed by atoms with Crippen molar-refractivity contribution < 1.29 is 4.79 Å². The molecule has 0 spiro atoms. The van der Waals surface area contributed by atoms with Crippen molar-refractivity contribution in [2.24, 2.45) is 5.92 Å². The first-order valence-corrected chi connectivity index (χ1v) is 6.71. The zero-order valence-electron chi connectivity index (χ0n) is 8.89. The van der Waals surface area contributed by atoms with E-state index in [4.69, 9.17) is 0 Å². The summed E-state index contributed by atoms with van der Waals surface area (Å²) in [6, 6.07) is 0.346. The third-order valence-electron chi connectivity index (χ3n) is 3.12. The summed E-state index contributed by atoms with van der Waals surface area (Å²) in [4.78, 5) is 11.2. The van der Waals surface area contributed by atoms with E-state index in [9.17, 15) is 4.79 Å². The lowest BCUT2D eigenvalue weighted by Crippen LogP contribution is -2.38. The quantitative estimate of drug-likeness (QED) is 0.615. The normalized spacial score (nSPS) is 21.3. The molecule has 1 amide bonds. The summed E-state index contributed by atoms with van der Waals surface area (Å²) in [5.41, 5.74) is 0. The lowest BCUT2D eigenvalue weighted by atomic mass is 9.93. The number of hydrogen-bond donors (Lipinski definition) is 1. The summed E-state index contributed by atoms with van der Waals surface area (Å²) in [5, 5.41) is 3.46. The molecule has 3 heteroatoms. The van der Waals surface area contributed by atoms with Crippen LogP contribution >= 0.6 is 15.9 Å². The van der Waals surface area contributed by atoms with Crippen LogP contribution in [0.4, 0.5) is 0 Å². The maximum absolute atomic E-state index is 11.2. The molecule has 14 heavy (non-hydrogen) atoms. The number of rotatable bonds is 3. The van der Waals surface area contributed by atoms with Gasteiger partial charge in [-0.25, -0.2) is 0 Å². The van der Waals surface area contributed by atoms with Crippen molar-refractivity contribution in [1.29, 1.82) is 0 Å². The van der Waals surface area contributed by atoms with Gasteiger partial charge in [-0.3, -0.25) is 4.79 Å². The molecule has 2 nitrogen and oxygen atoms in total. The summed E-state index contributed by atoms with van der Waals surface area (Å²) in [7, 11) is 0. The fraction of sp³-hybridized carbons (Fsp3) is 0.909. The second-order valence-electron chi connectivity index (χ2n) is 4.24. The predicted octanol–water partition coefficient (Wildman–Crippen LogP) is 2.86. The fourth-order valence-electron chi connectivity index (χ4n) is 2.22. The Morgan fingerprint density at radius 2 is 1.93 bits per heavy atom. The Morgan fingerprint density at radius 3 is 2.43 bits per heavy atom. The number of alkyl halides is 1. The van der Waals surface area contributed by atoms with Crippen LogP contribution < -0.4 is 5.32 Å². The molecule has 82 valence electrons. The average Bonchev–Trinajstić information content (AvgIpc) is 2.45. The fourth-order valence-corrected chi connectivity index (χ4v) is 2.38. The lowest BCUT2D eigenvalue weighted by Gasteiger charge is -2.23. The van der Waals surface area contributed by atoms with Gasteiger partial charge in [0.05, 0.1) is 5.33 Å². The van der Waals surface area contributed by atoms with Gasteiger partial charge in [0.25, 0.3) is 0 Å². The number of carbonyl (C=O) groups excluding carboxylic acids is 1. The van der Waals surface area contributed by atoms with Crippen LogP contribution in [0.3, 0.4) is 0 Å². The molecular formula is C11H20BrNO. The van der Waals surface area contributed by atoms with E-state index in [1.807, 2.05) is 0 Å². The van der Waals surface area contributed by atoms with Crippen LogP contribution in [-0.2, 0) is 4.79 Å². The molecule has 1 aliphatic rings. The van der Waals surface area contributed by atoms with Crippen molar-refractivity contribution in [3.8, 4) is 0 Å². The Balaban J connectivity index is 2.33. The first kappa shape index (κ1) is 12.0. The highest BCUT2D eigenvalue weighted by atomic mass is 79.9. The lowest BCUT2D eigenvalue weighted by molar-refractivity contribution is -0.119. The molecule has 1 rings (SSSR count). The van der Waals surface area contributed by atoms with Gasteiger partial charge in [-0.1, -0.05) is 41.6 Å². The van der Waals surface area contributed by atoms with E-state index in [0.717, 1.165) is 0 Å². The first-order chi connectivity index (χ1) is 6.74. The maximum atomic E-state index is 11.2. The highest BCUT2D eigenvalue weighted by Gasteiger charge is 2.19. The SMILES string of the molecule is C[C@@H](NC(=O)CBr)C1CCCCCC1.